The maximum absolute atomic E-state index is 13.1. The van der Waals surface area contributed by atoms with Crippen molar-refractivity contribution in [1.82, 2.24) is 19.8 Å². The van der Waals surface area contributed by atoms with Gasteiger partial charge in [-0.05, 0) is 49.4 Å². The van der Waals surface area contributed by atoms with Crippen molar-refractivity contribution in [3.8, 4) is 0 Å². The Balaban J connectivity index is 1.30. The molecule has 0 aromatic carbocycles. The van der Waals surface area contributed by atoms with Crippen molar-refractivity contribution in [3.63, 3.8) is 0 Å². The molecule has 2 atom stereocenters. The Morgan fingerprint density at radius 2 is 1.84 bits per heavy atom. The standard InChI is InChI=1S/C24H29N5O3/c30-22(19-8-4-5-11-25-19)27-20-9-10-21-17-12-16(14-29(21)23(20)31)13-28(15-17)24(32)26-18-6-2-1-3-7-18/h4-5,8-11,16-18H,1-3,6-7,12-15H2,(H,26,32)(H,27,30). The lowest BCUT2D eigenvalue weighted by Gasteiger charge is -2.43. The predicted molar refractivity (Wildman–Crippen MR) is 121 cm³/mol. The number of aromatic nitrogens is 2. The molecule has 4 heterocycles. The Morgan fingerprint density at radius 3 is 2.62 bits per heavy atom. The molecule has 1 aliphatic carbocycles. The molecule has 8 nitrogen and oxygen atoms in total. The van der Waals surface area contributed by atoms with Crippen molar-refractivity contribution in [2.45, 2.75) is 57.0 Å². The van der Waals surface area contributed by atoms with Gasteiger partial charge in [-0.15, -0.1) is 0 Å². The molecule has 0 spiro atoms. The molecule has 3 aliphatic rings. The van der Waals surface area contributed by atoms with Crippen molar-refractivity contribution in [1.29, 1.82) is 0 Å². The second kappa shape index (κ2) is 8.76. The van der Waals surface area contributed by atoms with Crippen LogP contribution in [-0.4, -0.2) is 45.5 Å². The molecule has 2 bridgehead atoms. The van der Waals surface area contributed by atoms with Crippen LogP contribution in [-0.2, 0) is 6.54 Å². The molecule has 2 N–H and O–H groups in total. The maximum Gasteiger partial charge on any atom is 0.317 e. The molecule has 168 valence electrons. The Bertz CT molecular complexity index is 1060. The van der Waals surface area contributed by atoms with Crippen LogP contribution in [0.3, 0.4) is 0 Å². The van der Waals surface area contributed by atoms with Crippen LogP contribution in [0.5, 0.6) is 0 Å². The molecular weight excluding hydrogens is 406 g/mol. The first-order chi connectivity index (χ1) is 15.6. The van der Waals surface area contributed by atoms with Crippen LogP contribution in [0.1, 0.15) is 60.6 Å². The van der Waals surface area contributed by atoms with E-state index in [0.717, 1.165) is 25.0 Å². The van der Waals surface area contributed by atoms with Gasteiger partial charge in [0, 0.05) is 43.5 Å². The van der Waals surface area contributed by atoms with Crippen LogP contribution in [0.2, 0.25) is 0 Å². The molecule has 1 saturated heterocycles. The molecule has 32 heavy (non-hydrogen) atoms. The quantitative estimate of drug-likeness (QED) is 0.775. The van der Waals surface area contributed by atoms with Crippen LogP contribution in [0.25, 0.3) is 0 Å². The monoisotopic (exact) mass is 435 g/mol. The zero-order valence-corrected chi connectivity index (χ0v) is 18.1. The van der Waals surface area contributed by atoms with Gasteiger partial charge in [-0.25, -0.2) is 4.79 Å². The summed E-state index contributed by atoms with van der Waals surface area (Å²) in [5, 5.41) is 5.93. The average molecular weight is 436 g/mol. The summed E-state index contributed by atoms with van der Waals surface area (Å²) in [4.78, 5) is 44.4. The van der Waals surface area contributed by atoms with E-state index in [4.69, 9.17) is 0 Å². The molecule has 5 rings (SSSR count). The highest BCUT2D eigenvalue weighted by Crippen LogP contribution is 2.35. The zero-order valence-electron chi connectivity index (χ0n) is 18.1. The highest BCUT2D eigenvalue weighted by Gasteiger charge is 2.37. The van der Waals surface area contributed by atoms with Crippen LogP contribution in [0.15, 0.2) is 41.3 Å². The van der Waals surface area contributed by atoms with Gasteiger partial charge in [0.1, 0.15) is 11.4 Å². The summed E-state index contributed by atoms with van der Waals surface area (Å²) < 4.78 is 1.78. The third-order valence-electron chi connectivity index (χ3n) is 6.97. The molecule has 2 fully saturated rings. The number of fused-ring (bicyclic) bond motifs is 4. The minimum atomic E-state index is -0.398. The Labute approximate surface area is 187 Å². The van der Waals surface area contributed by atoms with E-state index in [1.807, 2.05) is 11.0 Å². The van der Waals surface area contributed by atoms with Gasteiger partial charge in [0.2, 0.25) is 0 Å². The fraction of sp³-hybridized carbons (Fsp3) is 0.500. The van der Waals surface area contributed by atoms with Gasteiger partial charge in [-0.3, -0.25) is 14.6 Å². The van der Waals surface area contributed by atoms with Crippen molar-refractivity contribution >= 4 is 17.6 Å². The van der Waals surface area contributed by atoms with Gasteiger partial charge in [0.25, 0.3) is 11.5 Å². The molecule has 8 heteroatoms. The van der Waals surface area contributed by atoms with E-state index in [0.29, 0.717) is 19.6 Å². The summed E-state index contributed by atoms with van der Waals surface area (Å²) >= 11 is 0. The number of hydrogen-bond donors (Lipinski definition) is 2. The second-order valence-corrected chi connectivity index (χ2v) is 9.24. The Hall–Kier alpha value is -3.16. The van der Waals surface area contributed by atoms with Crippen molar-refractivity contribution in [2.75, 3.05) is 18.4 Å². The molecule has 2 unspecified atom stereocenters. The minimum absolute atomic E-state index is 0.0293. The van der Waals surface area contributed by atoms with E-state index in [1.165, 1.54) is 19.3 Å². The smallest absolute Gasteiger partial charge is 0.317 e. The van der Waals surface area contributed by atoms with E-state index in [1.54, 1.807) is 35.0 Å². The third kappa shape index (κ3) is 4.13. The number of carbonyl (C=O) groups excluding carboxylic acids is 2. The average Bonchev–Trinajstić information content (AvgIpc) is 2.82. The molecule has 2 aliphatic heterocycles. The summed E-state index contributed by atoms with van der Waals surface area (Å²) in [6.07, 6.45) is 8.29. The minimum Gasteiger partial charge on any atom is -0.335 e. The van der Waals surface area contributed by atoms with Crippen LogP contribution in [0.4, 0.5) is 10.5 Å². The number of hydrogen-bond acceptors (Lipinski definition) is 4. The number of piperidine rings is 1. The summed E-state index contributed by atoms with van der Waals surface area (Å²) in [6, 6.07) is 9.00. The van der Waals surface area contributed by atoms with Gasteiger partial charge < -0.3 is 20.1 Å². The SMILES string of the molecule is O=C(Nc1ccc2n(c1=O)CC1CC2CN(C(=O)NC2CCCCC2)C1)c1ccccn1. The molecule has 2 aromatic heterocycles. The highest BCUT2D eigenvalue weighted by molar-refractivity contribution is 6.02. The first-order valence-electron chi connectivity index (χ1n) is 11.6. The zero-order chi connectivity index (χ0) is 22.1. The van der Waals surface area contributed by atoms with Gasteiger partial charge >= 0.3 is 6.03 Å². The topological polar surface area (TPSA) is 96.3 Å². The lowest BCUT2D eigenvalue weighted by molar-refractivity contribution is 0.102. The largest absolute Gasteiger partial charge is 0.335 e. The van der Waals surface area contributed by atoms with E-state index in [9.17, 15) is 14.4 Å². The number of carbonyl (C=O) groups is 2. The lowest BCUT2D eigenvalue weighted by Crippen LogP contribution is -2.53. The van der Waals surface area contributed by atoms with Crippen LogP contribution >= 0.6 is 0 Å². The van der Waals surface area contributed by atoms with Crippen molar-refractivity contribution in [3.05, 3.63) is 58.3 Å². The number of amides is 3. The molecule has 2 aromatic rings. The maximum atomic E-state index is 13.1. The lowest BCUT2D eigenvalue weighted by atomic mass is 9.83. The highest BCUT2D eigenvalue weighted by atomic mass is 16.2. The molecule has 0 radical (unpaired) electrons. The summed E-state index contributed by atoms with van der Waals surface area (Å²) in [7, 11) is 0. The number of nitrogens with zero attached hydrogens (tertiary/aromatic N) is 3. The number of likely N-dealkylation sites (tertiary alicyclic amines) is 1. The van der Waals surface area contributed by atoms with Crippen LogP contribution in [0, 0.1) is 5.92 Å². The normalized spacial score (nSPS) is 22.7. The molecular formula is C24H29N5O3. The number of pyridine rings is 2. The fourth-order valence-electron chi connectivity index (χ4n) is 5.40. The summed E-state index contributed by atoms with van der Waals surface area (Å²) in [5.74, 6) is -0.0320. The number of nitrogens with one attached hydrogen (secondary N) is 2. The predicted octanol–water partition coefficient (Wildman–Crippen LogP) is 2.96. The Morgan fingerprint density at radius 1 is 1.00 bits per heavy atom. The van der Waals surface area contributed by atoms with Crippen molar-refractivity contribution < 1.29 is 9.59 Å². The molecule has 1 saturated carbocycles. The first-order valence-corrected chi connectivity index (χ1v) is 11.6. The van der Waals surface area contributed by atoms with E-state index in [-0.39, 0.29) is 40.8 Å². The fourth-order valence-corrected chi connectivity index (χ4v) is 5.40. The Kier molecular flexibility index (Phi) is 5.68. The van der Waals surface area contributed by atoms with Gasteiger partial charge in [-0.2, -0.15) is 0 Å². The summed E-state index contributed by atoms with van der Waals surface area (Å²) in [6.45, 7) is 1.84. The van der Waals surface area contributed by atoms with E-state index in [2.05, 4.69) is 15.6 Å². The van der Waals surface area contributed by atoms with Gasteiger partial charge in [0.15, 0.2) is 0 Å². The number of urea groups is 1. The van der Waals surface area contributed by atoms with Crippen molar-refractivity contribution in [2.24, 2.45) is 5.92 Å². The van der Waals surface area contributed by atoms with Gasteiger partial charge in [0.05, 0.1) is 0 Å². The summed E-state index contributed by atoms with van der Waals surface area (Å²) in [5.41, 5.74) is 1.28. The van der Waals surface area contributed by atoms with Gasteiger partial charge in [-0.1, -0.05) is 25.3 Å². The van der Waals surface area contributed by atoms with E-state index < -0.39 is 5.91 Å². The third-order valence-corrected chi connectivity index (χ3v) is 6.97. The number of anilines is 1. The molecule has 3 amide bonds. The first kappa shape index (κ1) is 20.7. The second-order valence-electron chi connectivity index (χ2n) is 9.24. The van der Waals surface area contributed by atoms with Crippen LogP contribution < -0.4 is 16.2 Å². The number of rotatable bonds is 3. The van der Waals surface area contributed by atoms with E-state index >= 15 is 0 Å².